The highest BCUT2D eigenvalue weighted by atomic mass is 79.9. The number of carbonyl (C=O) groups is 1. The Morgan fingerprint density at radius 2 is 1.75 bits per heavy atom. The molecule has 0 unspecified atom stereocenters. The van der Waals surface area contributed by atoms with Crippen molar-refractivity contribution in [2.24, 2.45) is 0 Å². The third-order valence-corrected chi connectivity index (χ3v) is 3.28. The van der Waals surface area contributed by atoms with Gasteiger partial charge >= 0.3 is 0 Å². The monoisotopic (exact) mass is 332 g/mol. The van der Waals surface area contributed by atoms with Crippen LogP contribution in [-0.2, 0) is 4.79 Å². The molecule has 0 saturated heterocycles. The van der Waals surface area contributed by atoms with Gasteiger partial charge in [0.25, 0.3) is 0 Å². The summed E-state index contributed by atoms with van der Waals surface area (Å²) in [5.41, 5.74) is 4.03. The Morgan fingerprint density at radius 1 is 1.05 bits per heavy atom. The van der Waals surface area contributed by atoms with Crippen molar-refractivity contribution in [1.29, 1.82) is 0 Å². The Hall–Kier alpha value is -1.81. The lowest BCUT2D eigenvalue weighted by Gasteiger charge is -2.09. The number of amides is 1. The van der Waals surface area contributed by atoms with Crippen molar-refractivity contribution in [2.75, 3.05) is 17.2 Å². The highest BCUT2D eigenvalue weighted by Gasteiger charge is 2.03. The highest BCUT2D eigenvalue weighted by Crippen LogP contribution is 2.16. The number of rotatable bonds is 4. The van der Waals surface area contributed by atoms with Crippen LogP contribution >= 0.6 is 15.9 Å². The molecule has 0 aromatic heterocycles. The van der Waals surface area contributed by atoms with E-state index < -0.39 is 0 Å². The van der Waals surface area contributed by atoms with Crippen LogP contribution in [0, 0.1) is 13.8 Å². The van der Waals surface area contributed by atoms with Gasteiger partial charge in [-0.05, 0) is 55.3 Å². The summed E-state index contributed by atoms with van der Waals surface area (Å²) in [6.07, 6.45) is 0. The summed E-state index contributed by atoms with van der Waals surface area (Å²) in [5, 5.41) is 5.99. The summed E-state index contributed by atoms with van der Waals surface area (Å²) < 4.78 is 0.984. The molecule has 0 aliphatic carbocycles. The number of anilines is 2. The number of benzene rings is 2. The molecule has 2 N–H and O–H groups in total. The zero-order valence-electron chi connectivity index (χ0n) is 11.5. The molecule has 0 fully saturated rings. The van der Waals surface area contributed by atoms with Crippen LogP contribution in [0.5, 0.6) is 0 Å². The molecular formula is C16H17BrN2O. The maximum absolute atomic E-state index is 11.9. The molecule has 3 nitrogen and oxygen atoms in total. The second kappa shape index (κ2) is 6.57. The minimum atomic E-state index is -0.0602. The first kappa shape index (κ1) is 14.6. The zero-order chi connectivity index (χ0) is 14.5. The van der Waals surface area contributed by atoms with Gasteiger partial charge in [0.2, 0.25) is 5.91 Å². The maximum atomic E-state index is 11.9. The largest absolute Gasteiger partial charge is 0.376 e. The first-order valence-electron chi connectivity index (χ1n) is 6.40. The molecule has 0 saturated carbocycles. The molecule has 0 atom stereocenters. The number of nitrogens with one attached hydrogen (secondary N) is 2. The van der Waals surface area contributed by atoms with E-state index in [9.17, 15) is 4.79 Å². The number of aryl methyl sites for hydroxylation is 2. The summed E-state index contributed by atoms with van der Waals surface area (Å²) >= 11 is 3.40. The molecule has 0 bridgehead atoms. The van der Waals surface area contributed by atoms with Gasteiger partial charge in [0.05, 0.1) is 6.54 Å². The molecule has 0 radical (unpaired) electrons. The molecule has 0 spiro atoms. The molecular weight excluding hydrogens is 316 g/mol. The van der Waals surface area contributed by atoms with E-state index in [-0.39, 0.29) is 12.5 Å². The summed E-state index contributed by atoms with van der Waals surface area (Å²) in [6, 6.07) is 13.7. The van der Waals surface area contributed by atoms with Crippen LogP contribution in [-0.4, -0.2) is 12.5 Å². The molecule has 2 rings (SSSR count). The van der Waals surface area contributed by atoms with Crippen LogP contribution in [0.1, 0.15) is 11.1 Å². The maximum Gasteiger partial charge on any atom is 0.243 e. The highest BCUT2D eigenvalue weighted by molar-refractivity contribution is 9.10. The zero-order valence-corrected chi connectivity index (χ0v) is 13.1. The fourth-order valence-corrected chi connectivity index (χ4v) is 2.43. The van der Waals surface area contributed by atoms with E-state index in [0.717, 1.165) is 27.0 Å². The summed E-state index contributed by atoms with van der Waals surface area (Å²) in [4.78, 5) is 11.9. The van der Waals surface area contributed by atoms with Crippen LogP contribution in [0.2, 0.25) is 0 Å². The van der Waals surface area contributed by atoms with Crippen LogP contribution in [0.3, 0.4) is 0 Å². The fourth-order valence-electron chi connectivity index (χ4n) is 2.03. The molecule has 2 aromatic rings. The average molecular weight is 333 g/mol. The predicted molar refractivity (Wildman–Crippen MR) is 87.2 cm³/mol. The van der Waals surface area contributed by atoms with E-state index in [0.29, 0.717) is 0 Å². The van der Waals surface area contributed by atoms with Crippen molar-refractivity contribution in [1.82, 2.24) is 0 Å². The minimum Gasteiger partial charge on any atom is -0.376 e. The van der Waals surface area contributed by atoms with Crippen LogP contribution < -0.4 is 10.6 Å². The van der Waals surface area contributed by atoms with Gasteiger partial charge in [-0.2, -0.15) is 0 Å². The van der Waals surface area contributed by atoms with Crippen molar-refractivity contribution < 1.29 is 4.79 Å². The lowest BCUT2D eigenvalue weighted by molar-refractivity contribution is -0.114. The van der Waals surface area contributed by atoms with Crippen molar-refractivity contribution in [3.63, 3.8) is 0 Å². The number of hydrogen-bond donors (Lipinski definition) is 2. The average Bonchev–Trinajstić information content (AvgIpc) is 2.35. The first-order valence-corrected chi connectivity index (χ1v) is 7.20. The van der Waals surface area contributed by atoms with Gasteiger partial charge in [0.1, 0.15) is 0 Å². The van der Waals surface area contributed by atoms with Gasteiger partial charge in [0.15, 0.2) is 0 Å². The fraction of sp³-hybridized carbons (Fsp3) is 0.188. The van der Waals surface area contributed by atoms with Gasteiger partial charge in [-0.3, -0.25) is 4.79 Å². The molecule has 4 heteroatoms. The first-order chi connectivity index (χ1) is 9.52. The minimum absolute atomic E-state index is 0.0602. The molecule has 104 valence electrons. The van der Waals surface area contributed by atoms with Gasteiger partial charge < -0.3 is 10.6 Å². The quantitative estimate of drug-likeness (QED) is 0.884. The molecule has 0 heterocycles. The summed E-state index contributed by atoms with van der Waals surface area (Å²) in [7, 11) is 0. The topological polar surface area (TPSA) is 41.1 Å². The van der Waals surface area contributed by atoms with Gasteiger partial charge in [-0.1, -0.05) is 28.1 Å². The lowest BCUT2D eigenvalue weighted by Crippen LogP contribution is -2.21. The smallest absolute Gasteiger partial charge is 0.243 e. The third-order valence-electron chi connectivity index (χ3n) is 2.78. The van der Waals surface area contributed by atoms with Crippen LogP contribution in [0.4, 0.5) is 11.4 Å². The van der Waals surface area contributed by atoms with Crippen molar-refractivity contribution in [2.45, 2.75) is 13.8 Å². The molecule has 0 aliphatic rings. The van der Waals surface area contributed by atoms with E-state index in [1.165, 1.54) is 0 Å². The number of carbonyl (C=O) groups excluding carboxylic acids is 1. The lowest BCUT2D eigenvalue weighted by atomic mass is 10.1. The predicted octanol–water partition coefficient (Wildman–Crippen LogP) is 4.12. The standard InChI is InChI=1S/C16H17BrN2O/c1-11-6-12(2)8-15(7-11)19-16(20)10-18-14-5-3-4-13(17)9-14/h3-9,18H,10H2,1-2H3,(H,19,20). The van der Waals surface area contributed by atoms with E-state index in [1.807, 2.05) is 50.2 Å². The van der Waals surface area contributed by atoms with Crippen LogP contribution in [0.25, 0.3) is 0 Å². The molecule has 2 aromatic carbocycles. The van der Waals surface area contributed by atoms with Gasteiger partial charge in [-0.25, -0.2) is 0 Å². The number of halogens is 1. The number of hydrogen-bond acceptors (Lipinski definition) is 2. The third kappa shape index (κ3) is 4.38. The Balaban J connectivity index is 1.92. The molecule has 0 aliphatic heterocycles. The van der Waals surface area contributed by atoms with E-state index >= 15 is 0 Å². The van der Waals surface area contributed by atoms with Gasteiger partial charge in [-0.15, -0.1) is 0 Å². The normalized spacial score (nSPS) is 10.2. The Kier molecular flexibility index (Phi) is 4.79. The van der Waals surface area contributed by atoms with Gasteiger partial charge in [0, 0.05) is 15.8 Å². The van der Waals surface area contributed by atoms with Crippen molar-refractivity contribution >= 4 is 33.2 Å². The van der Waals surface area contributed by atoms with E-state index in [4.69, 9.17) is 0 Å². The van der Waals surface area contributed by atoms with E-state index in [2.05, 4.69) is 32.6 Å². The second-order valence-corrected chi connectivity index (χ2v) is 5.70. The van der Waals surface area contributed by atoms with E-state index in [1.54, 1.807) is 0 Å². The van der Waals surface area contributed by atoms with Crippen LogP contribution in [0.15, 0.2) is 46.9 Å². The van der Waals surface area contributed by atoms with Crippen molar-refractivity contribution in [3.8, 4) is 0 Å². The summed E-state index contributed by atoms with van der Waals surface area (Å²) in [6.45, 7) is 4.27. The SMILES string of the molecule is Cc1cc(C)cc(NC(=O)CNc2cccc(Br)c2)c1. The Bertz CT molecular complexity index is 605. The summed E-state index contributed by atoms with van der Waals surface area (Å²) in [5.74, 6) is -0.0602. The second-order valence-electron chi connectivity index (χ2n) is 4.79. The molecule has 1 amide bonds. The Morgan fingerprint density at radius 3 is 2.40 bits per heavy atom. The Labute approximate surface area is 127 Å². The molecule has 20 heavy (non-hydrogen) atoms. The van der Waals surface area contributed by atoms with Crippen molar-refractivity contribution in [3.05, 3.63) is 58.1 Å².